The Bertz CT molecular complexity index is 642. The van der Waals surface area contributed by atoms with Crippen LogP contribution in [0.2, 0.25) is 0 Å². The molecule has 0 aliphatic carbocycles. The summed E-state index contributed by atoms with van der Waals surface area (Å²) in [6.07, 6.45) is 2.19. The van der Waals surface area contributed by atoms with E-state index in [1.807, 2.05) is 12.1 Å². The first-order chi connectivity index (χ1) is 10.7. The van der Waals surface area contributed by atoms with Crippen LogP contribution in [-0.2, 0) is 6.54 Å². The molecular formula is C18H19F2NO. The molecule has 116 valence electrons. The van der Waals surface area contributed by atoms with E-state index >= 15 is 0 Å². The maximum atomic E-state index is 13.3. The maximum absolute atomic E-state index is 13.3. The minimum absolute atomic E-state index is 0.319. The van der Waals surface area contributed by atoms with Crippen molar-refractivity contribution in [2.45, 2.75) is 25.4 Å². The summed E-state index contributed by atoms with van der Waals surface area (Å²) in [5, 5.41) is 0. The molecule has 0 spiro atoms. The molecule has 2 aromatic rings. The fraction of sp³-hybridized carbons (Fsp3) is 0.333. The van der Waals surface area contributed by atoms with Gasteiger partial charge < -0.3 is 4.74 Å². The standard InChI is InChI=1S/C18H19F2NO/c1-22-15-7-5-14(6-8-15)18-3-2-10-21(18)12-13-4-9-16(19)17(20)11-13/h4-9,11,18H,2-3,10,12H2,1H3. The molecular weight excluding hydrogens is 284 g/mol. The predicted octanol–water partition coefficient (Wildman–Crippen LogP) is 4.31. The third kappa shape index (κ3) is 3.12. The van der Waals surface area contributed by atoms with Gasteiger partial charge in [0.05, 0.1) is 7.11 Å². The summed E-state index contributed by atoms with van der Waals surface area (Å²) in [4.78, 5) is 2.31. The van der Waals surface area contributed by atoms with Gasteiger partial charge in [-0.3, -0.25) is 4.90 Å². The van der Waals surface area contributed by atoms with Crippen LogP contribution in [0.5, 0.6) is 5.75 Å². The first-order valence-corrected chi connectivity index (χ1v) is 7.49. The van der Waals surface area contributed by atoms with Gasteiger partial charge in [-0.25, -0.2) is 8.78 Å². The number of ether oxygens (including phenoxy) is 1. The number of nitrogens with zero attached hydrogens (tertiary/aromatic N) is 1. The van der Waals surface area contributed by atoms with Crippen molar-refractivity contribution in [1.82, 2.24) is 4.90 Å². The van der Waals surface area contributed by atoms with E-state index in [1.54, 1.807) is 13.2 Å². The van der Waals surface area contributed by atoms with Gasteiger partial charge in [0.25, 0.3) is 0 Å². The molecule has 2 aromatic carbocycles. The smallest absolute Gasteiger partial charge is 0.159 e. The van der Waals surface area contributed by atoms with Crippen molar-refractivity contribution < 1.29 is 13.5 Å². The van der Waals surface area contributed by atoms with E-state index in [1.165, 1.54) is 17.7 Å². The van der Waals surface area contributed by atoms with Crippen LogP contribution in [-0.4, -0.2) is 18.6 Å². The Hall–Kier alpha value is -1.94. The second-order valence-corrected chi connectivity index (χ2v) is 5.65. The quantitative estimate of drug-likeness (QED) is 0.834. The number of hydrogen-bond acceptors (Lipinski definition) is 2. The number of methoxy groups -OCH3 is 1. The van der Waals surface area contributed by atoms with Gasteiger partial charge in [-0.2, -0.15) is 0 Å². The lowest BCUT2D eigenvalue weighted by atomic mass is 10.0. The first-order valence-electron chi connectivity index (χ1n) is 7.49. The molecule has 1 atom stereocenters. The van der Waals surface area contributed by atoms with E-state index in [-0.39, 0.29) is 0 Å². The lowest BCUT2D eigenvalue weighted by Crippen LogP contribution is -2.22. The van der Waals surface area contributed by atoms with Crippen LogP contribution in [0.15, 0.2) is 42.5 Å². The highest BCUT2D eigenvalue weighted by Gasteiger charge is 2.26. The summed E-state index contributed by atoms with van der Waals surface area (Å²) in [6, 6.07) is 12.5. The van der Waals surface area contributed by atoms with Crippen LogP contribution in [0.25, 0.3) is 0 Å². The number of hydrogen-bond donors (Lipinski definition) is 0. The third-order valence-electron chi connectivity index (χ3n) is 4.23. The molecule has 0 N–H and O–H groups in total. The van der Waals surface area contributed by atoms with Crippen molar-refractivity contribution in [3.8, 4) is 5.75 Å². The third-order valence-corrected chi connectivity index (χ3v) is 4.23. The van der Waals surface area contributed by atoms with Crippen LogP contribution in [0.4, 0.5) is 8.78 Å². The topological polar surface area (TPSA) is 12.5 Å². The fourth-order valence-corrected chi connectivity index (χ4v) is 3.09. The fourth-order valence-electron chi connectivity index (χ4n) is 3.09. The lowest BCUT2D eigenvalue weighted by molar-refractivity contribution is 0.248. The molecule has 1 aliphatic heterocycles. The van der Waals surface area contributed by atoms with Crippen molar-refractivity contribution in [3.05, 3.63) is 65.2 Å². The summed E-state index contributed by atoms with van der Waals surface area (Å²) in [5.41, 5.74) is 2.04. The minimum atomic E-state index is -0.795. The molecule has 2 nitrogen and oxygen atoms in total. The second kappa shape index (κ2) is 6.44. The Kier molecular flexibility index (Phi) is 4.39. The van der Waals surface area contributed by atoms with Gasteiger partial charge in [0.2, 0.25) is 0 Å². The molecule has 0 amide bonds. The van der Waals surface area contributed by atoms with E-state index in [2.05, 4.69) is 17.0 Å². The highest BCUT2D eigenvalue weighted by molar-refractivity contribution is 5.30. The van der Waals surface area contributed by atoms with Crippen LogP contribution in [0, 0.1) is 11.6 Å². The largest absolute Gasteiger partial charge is 0.497 e. The molecule has 1 saturated heterocycles. The van der Waals surface area contributed by atoms with Crippen molar-refractivity contribution in [3.63, 3.8) is 0 Å². The zero-order valence-corrected chi connectivity index (χ0v) is 12.6. The molecule has 3 rings (SSSR count). The Morgan fingerprint density at radius 1 is 1.09 bits per heavy atom. The molecule has 0 saturated carbocycles. The number of likely N-dealkylation sites (tertiary alicyclic amines) is 1. The average molecular weight is 303 g/mol. The molecule has 22 heavy (non-hydrogen) atoms. The SMILES string of the molecule is COc1ccc(C2CCCN2Cc2ccc(F)c(F)c2)cc1. The van der Waals surface area contributed by atoms with Gasteiger partial charge in [-0.05, 0) is 54.8 Å². The number of rotatable bonds is 4. The maximum Gasteiger partial charge on any atom is 0.159 e. The van der Waals surface area contributed by atoms with Gasteiger partial charge in [0.1, 0.15) is 5.75 Å². The lowest BCUT2D eigenvalue weighted by Gasteiger charge is -2.25. The average Bonchev–Trinajstić information content (AvgIpc) is 2.99. The molecule has 0 radical (unpaired) electrons. The molecule has 1 aliphatic rings. The highest BCUT2D eigenvalue weighted by atomic mass is 19.2. The van der Waals surface area contributed by atoms with Crippen LogP contribution in [0.3, 0.4) is 0 Å². The second-order valence-electron chi connectivity index (χ2n) is 5.65. The summed E-state index contributed by atoms with van der Waals surface area (Å²) >= 11 is 0. The normalized spacial score (nSPS) is 18.6. The number of benzene rings is 2. The van der Waals surface area contributed by atoms with Crippen molar-refractivity contribution in [2.24, 2.45) is 0 Å². The highest BCUT2D eigenvalue weighted by Crippen LogP contribution is 2.34. The Balaban J connectivity index is 1.75. The molecule has 4 heteroatoms. The van der Waals surface area contributed by atoms with Gasteiger partial charge in [0, 0.05) is 12.6 Å². The van der Waals surface area contributed by atoms with E-state index in [9.17, 15) is 8.78 Å². The van der Waals surface area contributed by atoms with Crippen LogP contribution >= 0.6 is 0 Å². The monoisotopic (exact) mass is 303 g/mol. The predicted molar refractivity (Wildman–Crippen MR) is 81.7 cm³/mol. The zero-order valence-electron chi connectivity index (χ0n) is 12.6. The van der Waals surface area contributed by atoms with Crippen molar-refractivity contribution >= 4 is 0 Å². The molecule has 0 bridgehead atoms. The van der Waals surface area contributed by atoms with Crippen LogP contribution in [0.1, 0.15) is 30.0 Å². The summed E-state index contributed by atoms with van der Waals surface area (Å²) in [7, 11) is 1.65. The van der Waals surface area contributed by atoms with Gasteiger partial charge in [-0.15, -0.1) is 0 Å². The number of halogens is 2. The minimum Gasteiger partial charge on any atom is -0.497 e. The van der Waals surface area contributed by atoms with Gasteiger partial charge in [0.15, 0.2) is 11.6 Å². The van der Waals surface area contributed by atoms with E-state index in [4.69, 9.17) is 4.74 Å². The first kappa shape index (κ1) is 15.0. The van der Waals surface area contributed by atoms with E-state index in [0.717, 1.165) is 30.7 Å². The summed E-state index contributed by atoms with van der Waals surface area (Å²) < 4.78 is 31.6. The van der Waals surface area contributed by atoms with Gasteiger partial charge in [-0.1, -0.05) is 18.2 Å². The van der Waals surface area contributed by atoms with E-state index in [0.29, 0.717) is 12.6 Å². The Morgan fingerprint density at radius 2 is 1.86 bits per heavy atom. The van der Waals surface area contributed by atoms with Crippen molar-refractivity contribution in [2.75, 3.05) is 13.7 Å². The summed E-state index contributed by atoms with van der Waals surface area (Å²) in [5.74, 6) is -0.733. The molecule has 1 heterocycles. The van der Waals surface area contributed by atoms with E-state index < -0.39 is 11.6 Å². The molecule has 1 fully saturated rings. The molecule has 1 unspecified atom stereocenters. The van der Waals surface area contributed by atoms with Gasteiger partial charge >= 0.3 is 0 Å². The zero-order chi connectivity index (χ0) is 15.5. The van der Waals surface area contributed by atoms with Crippen LogP contribution < -0.4 is 4.74 Å². The Labute approximate surface area is 129 Å². The summed E-state index contributed by atoms with van der Waals surface area (Å²) in [6.45, 7) is 1.60. The Morgan fingerprint density at radius 3 is 2.55 bits per heavy atom. The molecule has 0 aromatic heterocycles. The van der Waals surface area contributed by atoms with Crippen molar-refractivity contribution in [1.29, 1.82) is 0 Å².